The number of aryl methyl sites for hydroxylation is 1. The van der Waals surface area contributed by atoms with E-state index in [0.29, 0.717) is 5.92 Å². The van der Waals surface area contributed by atoms with Crippen LogP contribution in [0, 0.1) is 5.92 Å². The maximum atomic E-state index is 12.9. The summed E-state index contributed by atoms with van der Waals surface area (Å²) in [6.07, 6.45) is -0.633. The molecule has 0 saturated carbocycles. The average Bonchev–Trinajstić information content (AvgIpc) is 3.26. The molecule has 0 amide bonds. The van der Waals surface area contributed by atoms with Crippen LogP contribution in [0.15, 0.2) is 24.4 Å². The summed E-state index contributed by atoms with van der Waals surface area (Å²) in [6, 6.07) is 5.90. The first kappa shape index (κ1) is 23.6. The summed E-state index contributed by atoms with van der Waals surface area (Å²) in [5, 5.41) is 39.7. The van der Waals surface area contributed by atoms with Gasteiger partial charge in [0, 0.05) is 30.3 Å². The Morgan fingerprint density at radius 3 is 2.77 bits per heavy atom. The summed E-state index contributed by atoms with van der Waals surface area (Å²) in [7, 11) is 0. The lowest BCUT2D eigenvalue weighted by atomic mass is 10.0. The van der Waals surface area contributed by atoms with Crippen molar-refractivity contribution in [3.63, 3.8) is 0 Å². The van der Waals surface area contributed by atoms with E-state index in [0.717, 1.165) is 29.3 Å². The van der Waals surface area contributed by atoms with E-state index in [1.807, 2.05) is 18.2 Å². The number of H-pyrrole nitrogens is 1. The number of aromatic amines is 1. The fraction of sp³-hybridized carbons (Fsp3) is 0.591. The second-order valence-corrected chi connectivity index (χ2v) is 8.29. The van der Waals surface area contributed by atoms with Crippen molar-refractivity contribution in [1.82, 2.24) is 4.98 Å². The fourth-order valence-corrected chi connectivity index (χ4v) is 3.56. The molecule has 1 aliphatic heterocycles. The van der Waals surface area contributed by atoms with E-state index in [1.54, 1.807) is 6.20 Å². The Labute approximate surface area is 180 Å². The standard InChI is InChI=1S/C22H31NO8/c1-13(2)4-5-14-6-7-16-15(10-14)17(11-23-16)30-21(27)19-18(29-9-3-8-24)20(26)22(28,12-25)31-19/h6-7,10-11,13,18-20,23-26,28H,3-5,8-9,12H2,1-2H3/t18-,19+,20+,22-/m0/s1. The molecule has 172 valence electrons. The van der Waals surface area contributed by atoms with Crippen LogP contribution >= 0.6 is 0 Å². The van der Waals surface area contributed by atoms with E-state index in [-0.39, 0.29) is 25.4 Å². The van der Waals surface area contributed by atoms with E-state index in [2.05, 4.69) is 18.8 Å². The van der Waals surface area contributed by atoms with Gasteiger partial charge in [-0.1, -0.05) is 19.9 Å². The average molecular weight is 437 g/mol. The van der Waals surface area contributed by atoms with Gasteiger partial charge in [-0.25, -0.2) is 4.79 Å². The number of hydrogen-bond acceptors (Lipinski definition) is 8. The van der Waals surface area contributed by atoms with Crippen molar-refractivity contribution in [2.75, 3.05) is 19.8 Å². The van der Waals surface area contributed by atoms with Gasteiger partial charge >= 0.3 is 5.97 Å². The van der Waals surface area contributed by atoms with E-state index in [1.165, 1.54) is 0 Å². The lowest BCUT2D eigenvalue weighted by Gasteiger charge is -2.23. The molecular weight excluding hydrogens is 406 g/mol. The van der Waals surface area contributed by atoms with Gasteiger partial charge in [0.2, 0.25) is 5.79 Å². The topological polar surface area (TPSA) is 141 Å². The Balaban J connectivity index is 1.78. The second kappa shape index (κ2) is 10.1. The molecule has 1 fully saturated rings. The van der Waals surface area contributed by atoms with E-state index < -0.39 is 36.7 Å². The highest BCUT2D eigenvalue weighted by Gasteiger charge is 2.57. The molecule has 0 spiro atoms. The monoisotopic (exact) mass is 437 g/mol. The maximum absolute atomic E-state index is 12.9. The summed E-state index contributed by atoms with van der Waals surface area (Å²) >= 11 is 0. The Hall–Kier alpha value is -2.01. The van der Waals surface area contributed by atoms with E-state index in [4.69, 9.17) is 19.3 Å². The number of aliphatic hydroxyl groups excluding tert-OH is 3. The Kier molecular flexibility index (Phi) is 7.68. The van der Waals surface area contributed by atoms with Gasteiger partial charge in [-0.3, -0.25) is 0 Å². The van der Waals surface area contributed by atoms with Crippen molar-refractivity contribution in [2.24, 2.45) is 5.92 Å². The van der Waals surface area contributed by atoms with Gasteiger partial charge in [0.15, 0.2) is 11.9 Å². The summed E-state index contributed by atoms with van der Waals surface area (Å²) in [6.45, 7) is 3.27. The maximum Gasteiger partial charge on any atom is 0.343 e. The molecule has 0 bridgehead atoms. The van der Waals surface area contributed by atoms with Crippen molar-refractivity contribution in [3.8, 4) is 5.75 Å². The van der Waals surface area contributed by atoms with Crippen LogP contribution in [-0.2, 0) is 20.7 Å². The number of benzene rings is 1. The van der Waals surface area contributed by atoms with Gasteiger partial charge < -0.3 is 39.6 Å². The molecule has 1 aliphatic rings. The lowest BCUT2D eigenvalue weighted by molar-refractivity contribution is -0.246. The highest BCUT2D eigenvalue weighted by Crippen LogP contribution is 2.33. The molecule has 4 atom stereocenters. The number of rotatable bonds is 10. The smallest absolute Gasteiger partial charge is 0.343 e. The third-order valence-corrected chi connectivity index (χ3v) is 5.40. The fourth-order valence-electron chi connectivity index (χ4n) is 3.56. The van der Waals surface area contributed by atoms with Crippen LogP contribution in [0.2, 0.25) is 0 Å². The number of hydrogen-bond donors (Lipinski definition) is 5. The van der Waals surface area contributed by atoms with Crippen molar-refractivity contribution in [1.29, 1.82) is 0 Å². The Bertz CT molecular complexity index is 882. The largest absolute Gasteiger partial charge is 0.422 e. The number of carbonyl (C=O) groups excluding carboxylic acids is 1. The molecule has 0 aliphatic carbocycles. The predicted octanol–water partition coefficient (Wildman–Crippen LogP) is 0.870. The summed E-state index contributed by atoms with van der Waals surface area (Å²) in [4.78, 5) is 15.9. The van der Waals surface area contributed by atoms with Crippen LogP contribution in [0.4, 0.5) is 0 Å². The molecule has 0 radical (unpaired) electrons. The van der Waals surface area contributed by atoms with Crippen molar-refractivity contribution >= 4 is 16.9 Å². The minimum absolute atomic E-state index is 0.0270. The van der Waals surface area contributed by atoms with E-state index >= 15 is 0 Å². The van der Waals surface area contributed by atoms with Crippen molar-refractivity contribution < 1.29 is 39.4 Å². The number of aliphatic hydroxyl groups is 4. The van der Waals surface area contributed by atoms with Crippen LogP contribution in [0.1, 0.15) is 32.3 Å². The van der Waals surface area contributed by atoms with Gasteiger partial charge in [-0.15, -0.1) is 0 Å². The molecule has 1 aromatic carbocycles. The first-order chi connectivity index (χ1) is 14.8. The Morgan fingerprint density at radius 1 is 1.32 bits per heavy atom. The van der Waals surface area contributed by atoms with Crippen LogP contribution in [-0.4, -0.2) is 75.3 Å². The van der Waals surface area contributed by atoms with Gasteiger partial charge in [0.1, 0.15) is 12.2 Å². The first-order valence-corrected chi connectivity index (χ1v) is 10.5. The molecule has 31 heavy (non-hydrogen) atoms. The van der Waals surface area contributed by atoms with E-state index in [9.17, 15) is 20.1 Å². The molecule has 1 aromatic heterocycles. The van der Waals surface area contributed by atoms with Gasteiger partial charge in [-0.05, 0) is 42.9 Å². The third-order valence-electron chi connectivity index (χ3n) is 5.40. The molecule has 9 nitrogen and oxygen atoms in total. The highest BCUT2D eigenvalue weighted by atomic mass is 16.7. The Morgan fingerprint density at radius 2 is 2.10 bits per heavy atom. The van der Waals surface area contributed by atoms with Crippen molar-refractivity contribution in [3.05, 3.63) is 30.0 Å². The zero-order chi connectivity index (χ0) is 22.6. The minimum Gasteiger partial charge on any atom is -0.422 e. The molecule has 0 unspecified atom stereocenters. The molecule has 3 rings (SSSR count). The number of fused-ring (bicyclic) bond motifs is 1. The number of ether oxygens (including phenoxy) is 3. The number of carbonyl (C=O) groups is 1. The van der Waals surface area contributed by atoms with Gasteiger partial charge in [-0.2, -0.15) is 0 Å². The van der Waals surface area contributed by atoms with Crippen LogP contribution in [0.3, 0.4) is 0 Å². The number of aromatic nitrogens is 1. The zero-order valence-electron chi connectivity index (χ0n) is 17.8. The van der Waals surface area contributed by atoms with Gasteiger partial charge in [0.25, 0.3) is 0 Å². The highest BCUT2D eigenvalue weighted by molar-refractivity contribution is 5.90. The third kappa shape index (κ3) is 5.25. The molecule has 1 saturated heterocycles. The van der Waals surface area contributed by atoms with Crippen LogP contribution < -0.4 is 4.74 Å². The molecule has 2 aromatic rings. The molecule has 9 heteroatoms. The summed E-state index contributed by atoms with van der Waals surface area (Å²) in [5.41, 5.74) is 1.91. The molecule has 5 N–H and O–H groups in total. The van der Waals surface area contributed by atoms with Crippen LogP contribution in [0.25, 0.3) is 10.9 Å². The first-order valence-electron chi connectivity index (χ1n) is 10.5. The van der Waals surface area contributed by atoms with Crippen molar-refractivity contribution in [2.45, 2.75) is 57.2 Å². The minimum atomic E-state index is -2.35. The van der Waals surface area contributed by atoms with Crippen LogP contribution in [0.5, 0.6) is 5.75 Å². The van der Waals surface area contributed by atoms with Gasteiger partial charge in [0.05, 0.1) is 6.61 Å². The SMILES string of the molecule is CC(C)CCc1ccc2[nH]cc(OC(=O)[C@@H]3O[C@@](O)(CO)[C@H](O)[C@H]3OCCCO)c2c1. The second-order valence-electron chi connectivity index (χ2n) is 8.29. The number of esters is 1. The number of nitrogens with one attached hydrogen (secondary N) is 1. The molecular formula is C22H31NO8. The molecule has 2 heterocycles. The lowest BCUT2D eigenvalue weighted by Crippen LogP contribution is -2.47. The predicted molar refractivity (Wildman–Crippen MR) is 111 cm³/mol. The summed E-state index contributed by atoms with van der Waals surface area (Å²) in [5.74, 6) is -2.36. The summed E-state index contributed by atoms with van der Waals surface area (Å²) < 4.78 is 16.2. The zero-order valence-corrected chi connectivity index (χ0v) is 17.8. The normalized spacial score (nSPS) is 26.1. The quantitative estimate of drug-likeness (QED) is 0.272.